The Labute approximate surface area is 90.9 Å². The van der Waals surface area contributed by atoms with Gasteiger partial charge in [0.05, 0.1) is 6.61 Å². The van der Waals surface area contributed by atoms with Crippen LogP contribution in [0.1, 0.15) is 40.0 Å². The van der Waals surface area contributed by atoms with Crippen molar-refractivity contribution in [2.24, 2.45) is 0 Å². The minimum absolute atomic E-state index is 0.190. The molecule has 0 heterocycles. The molecule has 0 aromatic rings. The summed E-state index contributed by atoms with van der Waals surface area (Å²) < 4.78 is 9.90. The van der Waals surface area contributed by atoms with Gasteiger partial charge in [0.15, 0.2) is 0 Å². The van der Waals surface area contributed by atoms with Crippen LogP contribution in [0.4, 0.5) is 0 Å². The van der Waals surface area contributed by atoms with Crippen molar-refractivity contribution in [3.8, 4) is 0 Å². The van der Waals surface area contributed by atoms with Crippen LogP contribution in [0, 0.1) is 0 Å². The smallest absolute Gasteiger partial charge is 0.337 e. The molecule has 0 radical (unpaired) electrons. The molecule has 0 amide bonds. The van der Waals surface area contributed by atoms with E-state index in [1.54, 1.807) is 6.92 Å². The topological polar surface area (TPSA) is 55.8 Å². The molecule has 4 nitrogen and oxygen atoms in total. The summed E-state index contributed by atoms with van der Waals surface area (Å²) in [6.45, 7) is 9.00. The number of carbonyl (C=O) groups is 1. The first-order valence-corrected chi connectivity index (χ1v) is 5.20. The molecule has 0 rings (SSSR count). The van der Waals surface area contributed by atoms with Crippen LogP contribution >= 0.6 is 0 Å². The van der Waals surface area contributed by atoms with E-state index in [4.69, 9.17) is 9.47 Å². The van der Waals surface area contributed by atoms with E-state index in [0.717, 1.165) is 12.8 Å². The van der Waals surface area contributed by atoms with E-state index in [-0.39, 0.29) is 12.0 Å². The van der Waals surface area contributed by atoms with Crippen molar-refractivity contribution < 1.29 is 19.4 Å². The van der Waals surface area contributed by atoms with Crippen LogP contribution in [0.25, 0.3) is 0 Å². The molecule has 0 aliphatic carbocycles. The lowest BCUT2D eigenvalue weighted by molar-refractivity contribution is -0.341. The summed E-state index contributed by atoms with van der Waals surface area (Å²) in [5.41, 5.74) is 0.237. The van der Waals surface area contributed by atoms with Gasteiger partial charge in [-0.05, 0) is 13.3 Å². The molecule has 0 bridgehead atoms. The van der Waals surface area contributed by atoms with Crippen LogP contribution in [0.3, 0.4) is 0 Å². The molecule has 88 valence electrons. The summed E-state index contributed by atoms with van der Waals surface area (Å²) in [4.78, 5) is 11.2. The molecule has 1 unspecified atom stereocenters. The van der Waals surface area contributed by atoms with Gasteiger partial charge in [0.2, 0.25) is 0 Å². The number of ether oxygens (including phenoxy) is 2. The maximum absolute atomic E-state index is 11.2. The van der Waals surface area contributed by atoms with Gasteiger partial charge in [-0.15, -0.1) is 0 Å². The summed E-state index contributed by atoms with van der Waals surface area (Å²) in [6.07, 6.45) is 1.96. The van der Waals surface area contributed by atoms with E-state index in [1.165, 1.54) is 6.92 Å². The van der Waals surface area contributed by atoms with E-state index >= 15 is 0 Å². The van der Waals surface area contributed by atoms with Gasteiger partial charge in [-0.3, -0.25) is 0 Å². The van der Waals surface area contributed by atoms with Crippen molar-refractivity contribution in [1.29, 1.82) is 0 Å². The first-order valence-electron chi connectivity index (χ1n) is 5.20. The lowest BCUT2D eigenvalue weighted by Gasteiger charge is -2.26. The van der Waals surface area contributed by atoms with E-state index < -0.39 is 11.9 Å². The Morgan fingerprint density at radius 2 is 2.07 bits per heavy atom. The van der Waals surface area contributed by atoms with Crippen molar-refractivity contribution in [3.05, 3.63) is 12.2 Å². The highest BCUT2D eigenvalue weighted by atomic mass is 16.8. The third kappa shape index (κ3) is 5.54. The number of hydrogen-bond acceptors (Lipinski definition) is 4. The predicted molar refractivity (Wildman–Crippen MR) is 57.0 cm³/mol. The molecule has 0 aliphatic rings. The fraction of sp³-hybridized carbons (Fsp3) is 0.727. The van der Waals surface area contributed by atoms with E-state index in [1.807, 2.05) is 6.92 Å². The fourth-order valence-corrected chi connectivity index (χ4v) is 0.812. The van der Waals surface area contributed by atoms with Crippen molar-refractivity contribution in [1.82, 2.24) is 0 Å². The molecule has 0 fully saturated rings. The molecular formula is C11H20O4. The van der Waals surface area contributed by atoms with Crippen molar-refractivity contribution in [3.63, 3.8) is 0 Å². The quantitative estimate of drug-likeness (QED) is 0.306. The Bertz CT molecular complexity index is 225. The Hall–Kier alpha value is -0.870. The largest absolute Gasteiger partial charge is 0.405 e. The minimum Gasteiger partial charge on any atom is -0.405 e. The van der Waals surface area contributed by atoms with Crippen molar-refractivity contribution in [2.75, 3.05) is 6.61 Å². The summed E-state index contributed by atoms with van der Waals surface area (Å²) in [7, 11) is 0. The van der Waals surface area contributed by atoms with Crippen LogP contribution in [-0.2, 0) is 14.3 Å². The van der Waals surface area contributed by atoms with Gasteiger partial charge in [-0.1, -0.05) is 26.8 Å². The zero-order valence-electron chi connectivity index (χ0n) is 9.71. The molecule has 15 heavy (non-hydrogen) atoms. The average Bonchev–Trinajstić information content (AvgIpc) is 2.18. The van der Waals surface area contributed by atoms with E-state index in [2.05, 4.69) is 6.58 Å². The first-order chi connectivity index (χ1) is 6.95. The number of hydrogen-bond donors (Lipinski definition) is 1. The van der Waals surface area contributed by atoms with Gasteiger partial charge in [-0.25, -0.2) is 4.79 Å². The van der Waals surface area contributed by atoms with Crippen LogP contribution in [-0.4, -0.2) is 23.7 Å². The molecular weight excluding hydrogens is 196 g/mol. The Kier molecular flexibility index (Phi) is 6.20. The maximum atomic E-state index is 11.2. The number of unbranched alkanes of at least 4 members (excludes halogenated alkanes) is 1. The summed E-state index contributed by atoms with van der Waals surface area (Å²) in [5, 5.41) is 9.76. The van der Waals surface area contributed by atoms with Crippen molar-refractivity contribution >= 4 is 5.97 Å². The highest BCUT2D eigenvalue weighted by Gasteiger charge is 2.30. The third-order valence-corrected chi connectivity index (χ3v) is 1.87. The molecule has 0 saturated carbocycles. The fourth-order valence-electron chi connectivity index (χ4n) is 0.812. The van der Waals surface area contributed by atoms with Gasteiger partial charge in [0.25, 0.3) is 0 Å². The van der Waals surface area contributed by atoms with E-state index in [9.17, 15) is 9.90 Å². The SMILES string of the molecule is C=C(C)C(=O)OC(O)(CC)OCCCC. The number of esters is 1. The Balaban J connectivity index is 4.17. The minimum atomic E-state index is -1.81. The second-order valence-corrected chi connectivity index (χ2v) is 3.44. The average molecular weight is 216 g/mol. The standard InChI is InChI=1S/C11H20O4/c1-5-7-8-14-11(13,6-2)15-10(12)9(3)4/h13H,3,5-8H2,1-2,4H3. The van der Waals surface area contributed by atoms with Gasteiger partial charge in [0.1, 0.15) is 0 Å². The zero-order valence-corrected chi connectivity index (χ0v) is 9.71. The summed E-state index contributed by atoms with van der Waals surface area (Å²) >= 11 is 0. The van der Waals surface area contributed by atoms with Gasteiger partial charge in [-0.2, -0.15) is 0 Å². The van der Waals surface area contributed by atoms with E-state index in [0.29, 0.717) is 6.61 Å². The Morgan fingerprint density at radius 3 is 2.47 bits per heavy atom. The highest BCUT2D eigenvalue weighted by Crippen LogP contribution is 2.16. The Morgan fingerprint density at radius 1 is 1.47 bits per heavy atom. The number of rotatable bonds is 7. The van der Waals surface area contributed by atoms with Crippen LogP contribution in [0.5, 0.6) is 0 Å². The predicted octanol–water partition coefficient (Wildman–Crippen LogP) is 1.98. The molecule has 4 heteroatoms. The van der Waals surface area contributed by atoms with Gasteiger partial charge < -0.3 is 14.6 Å². The third-order valence-electron chi connectivity index (χ3n) is 1.87. The van der Waals surface area contributed by atoms with Crippen LogP contribution in [0.2, 0.25) is 0 Å². The first kappa shape index (κ1) is 14.1. The second-order valence-electron chi connectivity index (χ2n) is 3.44. The zero-order chi connectivity index (χ0) is 11.9. The van der Waals surface area contributed by atoms with Gasteiger partial charge >= 0.3 is 11.9 Å². The molecule has 0 aliphatic heterocycles. The molecule has 0 saturated heterocycles. The normalized spacial score (nSPS) is 14.4. The van der Waals surface area contributed by atoms with Crippen LogP contribution in [0.15, 0.2) is 12.2 Å². The second kappa shape index (κ2) is 6.58. The van der Waals surface area contributed by atoms with Crippen LogP contribution < -0.4 is 0 Å². The molecule has 0 aromatic carbocycles. The number of aliphatic hydroxyl groups is 1. The molecule has 1 atom stereocenters. The monoisotopic (exact) mass is 216 g/mol. The number of carbonyl (C=O) groups excluding carboxylic acids is 1. The highest BCUT2D eigenvalue weighted by molar-refractivity contribution is 5.87. The van der Waals surface area contributed by atoms with Gasteiger partial charge in [0, 0.05) is 12.0 Å². The molecule has 0 aromatic heterocycles. The summed E-state index contributed by atoms with van der Waals surface area (Å²) in [5.74, 6) is -2.46. The molecule has 1 N–H and O–H groups in total. The maximum Gasteiger partial charge on any atom is 0.337 e. The summed E-state index contributed by atoms with van der Waals surface area (Å²) in [6, 6.07) is 0. The lowest BCUT2D eigenvalue weighted by Crippen LogP contribution is -2.37. The molecule has 0 spiro atoms. The van der Waals surface area contributed by atoms with Crippen molar-refractivity contribution in [2.45, 2.75) is 46.0 Å². The lowest BCUT2D eigenvalue weighted by atomic mass is 10.3.